The van der Waals surface area contributed by atoms with Crippen molar-refractivity contribution in [3.63, 3.8) is 0 Å². The summed E-state index contributed by atoms with van der Waals surface area (Å²) in [5.74, 6) is -2.17. The van der Waals surface area contributed by atoms with E-state index in [4.69, 9.17) is 0 Å². The average molecular weight is 451 g/mol. The van der Waals surface area contributed by atoms with E-state index in [0.717, 1.165) is 6.07 Å². The Balaban J connectivity index is 1.59. The first-order valence-corrected chi connectivity index (χ1v) is 10.1. The van der Waals surface area contributed by atoms with Crippen LogP contribution in [-0.2, 0) is 16.0 Å². The maximum absolute atomic E-state index is 13.3. The number of H-pyrrole nitrogens is 1. The molecule has 2 aromatic carbocycles. The molecule has 0 saturated heterocycles. The van der Waals surface area contributed by atoms with Gasteiger partial charge in [0.2, 0.25) is 5.91 Å². The van der Waals surface area contributed by atoms with Gasteiger partial charge in [0, 0.05) is 35.1 Å². The summed E-state index contributed by atoms with van der Waals surface area (Å²) in [6.07, 6.45) is 3.93. The normalized spacial score (nSPS) is 12.3. The van der Waals surface area contributed by atoms with Crippen LogP contribution in [-0.4, -0.2) is 46.1 Å². The van der Waals surface area contributed by atoms with E-state index in [9.17, 15) is 23.6 Å². The SMILES string of the molecule is C[C@@H](NC(=O)c1cccc(F)c1)C(=O)Nc1cccc(C(=O)N[C@H](C=O)Cc2cnc[nH]2)c1. The van der Waals surface area contributed by atoms with Crippen LogP contribution in [0.4, 0.5) is 10.1 Å². The van der Waals surface area contributed by atoms with Crippen LogP contribution in [0.3, 0.4) is 0 Å². The second-order valence-electron chi connectivity index (χ2n) is 7.27. The molecule has 3 aromatic rings. The molecule has 0 saturated carbocycles. The van der Waals surface area contributed by atoms with Crippen LogP contribution < -0.4 is 16.0 Å². The number of rotatable bonds is 9. The van der Waals surface area contributed by atoms with Crippen LogP contribution in [0, 0.1) is 5.82 Å². The molecule has 1 aromatic heterocycles. The molecule has 10 heteroatoms. The number of hydrogen-bond donors (Lipinski definition) is 4. The zero-order valence-corrected chi connectivity index (χ0v) is 17.7. The lowest BCUT2D eigenvalue weighted by atomic mass is 10.1. The minimum absolute atomic E-state index is 0.0909. The van der Waals surface area contributed by atoms with E-state index < -0.39 is 35.6 Å². The second kappa shape index (κ2) is 10.8. The first kappa shape index (κ1) is 23.3. The standard InChI is InChI=1S/C23H22FN5O4/c1-14(27-22(32)15-4-2-6-17(24)8-15)21(31)28-18-7-3-5-16(9-18)23(33)29-20(12-30)10-19-11-25-13-26-19/h2-9,11-14,20H,10H2,1H3,(H,25,26)(H,27,32)(H,28,31)(H,29,33)/t14-,20+/m1/s1. The number of aromatic nitrogens is 2. The number of nitrogens with zero attached hydrogens (tertiary/aromatic N) is 1. The quantitative estimate of drug-likeness (QED) is 0.369. The van der Waals surface area contributed by atoms with Crippen molar-refractivity contribution in [3.8, 4) is 0 Å². The fourth-order valence-electron chi connectivity index (χ4n) is 2.98. The van der Waals surface area contributed by atoms with Crippen molar-refractivity contribution in [3.05, 3.63) is 83.7 Å². The van der Waals surface area contributed by atoms with Gasteiger partial charge in [-0.25, -0.2) is 9.37 Å². The zero-order chi connectivity index (χ0) is 23.8. The molecule has 0 aliphatic heterocycles. The van der Waals surface area contributed by atoms with Gasteiger partial charge in [-0.1, -0.05) is 12.1 Å². The highest BCUT2D eigenvalue weighted by atomic mass is 19.1. The molecule has 0 unspecified atom stereocenters. The van der Waals surface area contributed by atoms with E-state index in [1.807, 2.05) is 0 Å². The number of nitrogens with one attached hydrogen (secondary N) is 4. The maximum atomic E-state index is 13.3. The van der Waals surface area contributed by atoms with Crippen molar-refractivity contribution in [2.75, 3.05) is 5.32 Å². The van der Waals surface area contributed by atoms with Crippen LogP contribution in [0.5, 0.6) is 0 Å². The van der Waals surface area contributed by atoms with Crippen molar-refractivity contribution < 1.29 is 23.6 Å². The van der Waals surface area contributed by atoms with Crippen LogP contribution in [0.1, 0.15) is 33.3 Å². The highest BCUT2D eigenvalue weighted by Gasteiger charge is 2.18. The molecule has 0 spiro atoms. The Morgan fingerprint density at radius 1 is 1.06 bits per heavy atom. The molecule has 0 aliphatic carbocycles. The van der Waals surface area contributed by atoms with Gasteiger partial charge in [0.15, 0.2) is 0 Å². The minimum Gasteiger partial charge on any atom is -0.348 e. The van der Waals surface area contributed by atoms with Crippen molar-refractivity contribution in [2.24, 2.45) is 0 Å². The molecule has 0 bridgehead atoms. The number of hydrogen-bond acceptors (Lipinski definition) is 5. The Morgan fingerprint density at radius 2 is 1.76 bits per heavy atom. The number of halogens is 1. The summed E-state index contributed by atoms with van der Waals surface area (Å²) in [6.45, 7) is 1.48. The largest absolute Gasteiger partial charge is 0.348 e. The van der Waals surface area contributed by atoms with Crippen LogP contribution in [0.2, 0.25) is 0 Å². The summed E-state index contributed by atoms with van der Waals surface area (Å²) in [7, 11) is 0. The van der Waals surface area contributed by atoms with Gasteiger partial charge in [0.1, 0.15) is 18.1 Å². The smallest absolute Gasteiger partial charge is 0.252 e. The van der Waals surface area contributed by atoms with E-state index in [1.54, 1.807) is 18.3 Å². The van der Waals surface area contributed by atoms with Crippen LogP contribution in [0.25, 0.3) is 0 Å². The van der Waals surface area contributed by atoms with Crippen molar-refractivity contribution in [1.29, 1.82) is 0 Å². The molecule has 2 atom stereocenters. The molecule has 0 fully saturated rings. The van der Waals surface area contributed by atoms with E-state index in [1.165, 1.54) is 43.6 Å². The highest BCUT2D eigenvalue weighted by molar-refractivity contribution is 6.02. The monoisotopic (exact) mass is 451 g/mol. The second-order valence-corrected chi connectivity index (χ2v) is 7.27. The lowest BCUT2D eigenvalue weighted by Crippen LogP contribution is -2.41. The third kappa shape index (κ3) is 6.57. The Labute approximate surface area is 188 Å². The van der Waals surface area contributed by atoms with Crippen LogP contribution in [0.15, 0.2) is 61.1 Å². The topological polar surface area (TPSA) is 133 Å². The molecular formula is C23H22FN5O4. The zero-order valence-electron chi connectivity index (χ0n) is 17.7. The lowest BCUT2D eigenvalue weighted by Gasteiger charge is -2.15. The number of carbonyl (C=O) groups excluding carboxylic acids is 4. The Bertz CT molecular complexity index is 1150. The van der Waals surface area contributed by atoms with E-state index in [-0.39, 0.29) is 17.5 Å². The molecule has 3 rings (SSSR count). The van der Waals surface area contributed by atoms with Gasteiger partial charge in [-0.05, 0) is 43.3 Å². The molecule has 170 valence electrons. The third-order valence-corrected chi connectivity index (χ3v) is 4.70. The molecule has 3 amide bonds. The van der Waals surface area contributed by atoms with Gasteiger partial charge >= 0.3 is 0 Å². The number of carbonyl (C=O) groups is 4. The fourth-order valence-corrected chi connectivity index (χ4v) is 2.98. The summed E-state index contributed by atoms with van der Waals surface area (Å²) >= 11 is 0. The summed E-state index contributed by atoms with van der Waals surface area (Å²) in [4.78, 5) is 55.3. The molecule has 4 N–H and O–H groups in total. The van der Waals surface area contributed by atoms with Gasteiger partial charge in [-0.3, -0.25) is 14.4 Å². The summed E-state index contributed by atoms with van der Waals surface area (Å²) in [5, 5.41) is 7.73. The Morgan fingerprint density at radius 3 is 2.42 bits per heavy atom. The lowest BCUT2D eigenvalue weighted by molar-refractivity contribution is -0.117. The molecule has 0 radical (unpaired) electrons. The van der Waals surface area contributed by atoms with Gasteiger partial charge in [0.05, 0.1) is 12.4 Å². The van der Waals surface area contributed by atoms with Gasteiger partial charge in [0.25, 0.3) is 11.8 Å². The fraction of sp³-hybridized carbons (Fsp3) is 0.174. The molecular weight excluding hydrogens is 429 g/mol. The Hall–Kier alpha value is -4.34. The van der Waals surface area contributed by atoms with Crippen molar-refractivity contribution >= 4 is 29.7 Å². The maximum Gasteiger partial charge on any atom is 0.252 e. The molecule has 1 heterocycles. The predicted molar refractivity (Wildman–Crippen MR) is 118 cm³/mol. The van der Waals surface area contributed by atoms with Crippen LogP contribution >= 0.6 is 0 Å². The molecule has 33 heavy (non-hydrogen) atoms. The highest BCUT2D eigenvalue weighted by Crippen LogP contribution is 2.12. The number of aromatic amines is 1. The van der Waals surface area contributed by atoms with Gasteiger partial charge in [-0.2, -0.15) is 0 Å². The number of aldehydes is 1. The number of anilines is 1. The number of benzene rings is 2. The van der Waals surface area contributed by atoms with E-state index >= 15 is 0 Å². The average Bonchev–Trinajstić information content (AvgIpc) is 3.31. The van der Waals surface area contributed by atoms with E-state index in [0.29, 0.717) is 17.7 Å². The summed E-state index contributed by atoms with van der Waals surface area (Å²) < 4.78 is 13.3. The molecule has 9 nitrogen and oxygen atoms in total. The van der Waals surface area contributed by atoms with Gasteiger partial charge in [-0.15, -0.1) is 0 Å². The van der Waals surface area contributed by atoms with E-state index in [2.05, 4.69) is 25.9 Å². The first-order chi connectivity index (χ1) is 15.9. The third-order valence-electron chi connectivity index (χ3n) is 4.70. The minimum atomic E-state index is -0.924. The van der Waals surface area contributed by atoms with Crippen molar-refractivity contribution in [2.45, 2.75) is 25.4 Å². The summed E-state index contributed by atoms with van der Waals surface area (Å²) in [5.41, 5.74) is 1.35. The Kier molecular flexibility index (Phi) is 7.64. The van der Waals surface area contributed by atoms with Crippen molar-refractivity contribution in [1.82, 2.24) is 20.6 Å². The number of amides is 3. The predicted octanol–water partition coefficient (Wildman–Crippen LogP) is 1.85. The first-order valence-electron chi connectivity index (χ1n) is 10.1. The molecule has 0 aliphatic rings. The van der Waals surface area contributed by atoms with Gasteiger partial charge < -0.3 is 25.7 Å². The summed E-state index contributed by atoms with van der Waals surface area (Å²) in [6, 6.07) is 9.58. The number of imidazole rings is 1.